The molecule has 0 spiro atoms. The Bertz CT molecular complexity index is 5500. The maximum atomic E-state index is 14.8. The number of esters is 2. The topological polar surface area (TPSA) is 219 Å². The van der Waals surface area contributed by atoms with Gasteiger partial charge in [-0.1, -0.05) is 290 Å². The first kappa shape index (κ1) is 112. The van der Waals surface area contributed by atoms with Crippen LogP contribution in [-0.2, 0) is 39.5 Å². The number of halogens is 10. The average molecular weight is 2050 g/mol. The highest BCUT2D eigenvalue weighted by molar-refractivity contribution is 9.11. The highest BCUT2D eigenvalue weighted by Gasteiger charge is 2.14. The highest BCUT2D eigenvalue weighted by atomic mass is 79.9. The fourth-order valence-electron chi connectivity index (χ4n) is 9.67. The summed E-state index contributed by atoms with van der Waals surface area (Å²) in [5, 5.41) is 53.8. The summed E-state index contributed by atoms with van der Waals surface area (Å²) in [7, 11) is -1.46. The molecule has 13 aromatic carbocycles. The Kier molecular flexibility index (Phi) is 51.2. The third-order valence-corrected chi connectivity index (χ3v) is 19.2. The molecule has 0 bridgehead atoms. The van der Waals surface area contributed by atoms with Crippen LogP contribution in [0.5, 0.6) is 51.7 Å². The number of benzene rings is 13. The molecule has 0 saturated heterocycles. The second kappa shape index (κ2) is 57.3. The molecule has 0 aliphatic heterocycles. The molecule has 25 heteroatoms. The molecule has 6 N–H and O–H groups in total. The van der Waals surface area contributed by atoms with Crippen LogP contribution in [-0.4, -0.2) is 54.8 Å². The Morgan fingerprint density at radius 2 is 0.584 bits per heavy atom. The maximum Gasteiger partial charge on any atom is 0.488 e. The minimum absolute atomic E-state index is 0. The molecule has 658 valence electrons. The van der Waals surface area contributed by atoms with Gasteiger partial charge < -0.3 is 54.2 Å². The Morgan fingerprint density at radius 3 is 0.864 bits per heavy atom. The first-order chi connectivity index (χ1) is 56.8. The zero-order valence-corrected chi connectivity index (χ0v) is 72.7. The summed E-state index contributed by atoms with van der Waals surface area (Å²) in [5.41, 5.74) is 12.5. The minimum atomic E-state index is -1.46. The lowest BCUT2D eigenvalue weighted by molar-refractivity contribution is -0.130. The van der Waals surface area contributed by atoms with Gasteiger partial charge in [0.25, 0.3) is 0 Å². The van der Waals surface area contributed by atoms with Gasteiger partial charge in [-0.25, -0.2) is 27.2 Å². The van der Waals surface area contributed by atoms with Crippen molar-refractivity contribution in [1.29, 1.82) is 0 Å². The van der Waals surface area contributed by atoms with Crippen molar-refractivity contribution in [3.05, 3.63) is 391 Å². The smallest absolute Gasteiger partial charge is 0.488 e. The predicted octanol–water partition coefficient (Wildman–Crippen LogP) is 28.6. The van der Waals surface area contributed by atoms with Gasteiger partial charge in [0.2, 0.25) is 5.24 Å². The molecule has 14 nitrogen and oxygen atoms in total. The van der Waals surface area contributed by atoms with Crippen LogP contribution in [0.1, 0.15) is 87.6 Å². The zero-order chi connectivity index (χ0) is 86.7. The maximum absolute atomic E-state index is 14.8. The highest BCUT2D eigenvalue weighted by Crippen LogP contribution is 2.33. The van der Waals surface area contributed by atoms with Crippen LogP contribution < -0.4 is 29.1 Å². The molecule has 0 unspecified atom stereocenters. The number of rotatable bonds is 20. The van der Waals surface area contributed by atoms with Gasteiger partial charge in [-0.05, 0) is 250 Å². The molecule has 13 aromatic rings. The number of allylic oxidation sites excluding steroid dienone is 1. The Labute approximate surface area is 778 Å². The SMILES string of the molecule is BrCc1ccc(Br)cc1.C.C.C.C.C.C.C=C(C)C(=O)Cl.C=C(C)C(=O)Oc1ccc(-c2ccc(COc3ccc(-c4ccc(OC(=O)C(=C)C)cc4)cc3F)cc2)cc1.Fc1cc(Br)ccc1OCc1ccc(Br)cc1.OB(O)c1ccc(O)cc1.Oc1ccc(-c2ccc(COc3ccc(-c4ccc(O)cc4)cc3F)cc2)cc1.Oc1ccc(Br)cc1F. The monoisotopic (exact) mass is 2040 g/mol. The summed E-state index contributed by atoms with van der Waals surface area (Å²) < 4.78 is 85.6. The van der Waals surface area contributed by atoms with Crippen LogP contribution in [0.25, 0.3) is 44.5 Å². The van der Waals surface area contributed by atoms with E-state index < -0.39 is 41.8 Å². The summed E-state index contributed by atoms with van der Waals surface area (Å²) in [4.78, 5) is 33.1. The van der Waals surface area contributed by atoms with Crippen LogP contribution in [0.3, 0.4) is 0 Å². The van der Waals surface area contributed by atoms with Crippen molar-refractivity contribution in [3.8, 4) is 96.3 Å². The standard InChI is InChI=1S/C33H27FO5.C25H19FO3.C13H9Br2FO.C7H6Br2.C6H7BO3.C6H4BrFO.C4H5ClO.6CH4/c1-21(2)32(35)38-28-14-9-25(10-15-28)24-7-5-23(6-8-24)20-37-31-18-13-27(19-30(31)34)26-11-16-29(17-12-26)39-33(36)22(3)4;26-24-15-21(20-7-12-23(28)13-8-20)9-14-25(24)29-16-17-1-3-18(4-2-17)19-5-10-22(27)11-6-19;14-10-3-1-9(2-4-10)8-17-13-6-5-11(15)7-12(13)16;8-5-6-1-3-7(9)4-2-6;8-6-3-1-5(2-4-6)7(9)10;7-4-1-2-6(9)5(8)3-4;1-3(2)4(5)6;;;;;;/h5-19H,1,3,20H2,2,4H3;1-15,27-28H,16H2;1-7H,8H2;1-4H,5H2;1-4,8-10H;1-3,9H;1H2,2H3;6*1H4. The third kappa shape index (κ3) is 39.2. The summed E-state index contributed by atoms with van der Waals surface area (Å²) >= 11 is 21.2. The van der Waals surface area contributed by atoms with E-state index in [9.17, 15) is 42.2 Å². The Morgan fingerprint density at radius 1 is 0.336 bits per heavy atom. The molecule has 0 fully saturated rings. The fraction of sp³-hybridized carbons (Fsp3) is 0.130. The van der Waals surface area contributed by atoms with Crippen LogP contribution in [0.2, 0.25) is 0 Å². The van der Waals surface area contributed by atoms with Crippen molar-refractivity contribution in [3.63, 3.8) is 0 Å². The normalized spacial score (nSPS) is 9.62. The van der Waals surface area contributed by atoms with Crippen molar-refractivity contribution >= 4 is 121 Å². The van der Waals surface area contributed by atoms with Gasteiger partial charge in [0.05, 0.1) is 0 Å². The first-order valence-electron chi connectivity index (χ1n) is 35.6. The van der Waals surface area contributed by atoms with Crippen molar-refractivity contribution in [2.45, 2.75) is 90.5 Å². The summed E-state index contributed by atoms with van der Waals surface area (Å²) in [6.45, 7) is 16.0. The number of phenolic OH excluding ortho intramolecular Hbond substituents is 4. The van der Waals surface area contributed by atoms with Crippen LogP contribution in [0, 0.1) is 23.3 Å². The number of ether oxygens (including phenoxy) is 5. The molecule has 125 heavy (non-hydrogen) atoms. The van der Waals surface area contributed by atoms with E-state index in [4.69, 9.17) is 55.5 Å². The summed E-state index contributed by atoms with van der Waals surface area (Å²) in [6, 6.07) is 83.2. The minimum Gasteiger partial charge on any atom is -0.508 e. The van der Waals surface area contributed by atoms with E-state index in [2.05, 4.69) is 112 Å². The van der Waals surface area contributed by atoms with Gasteiger partial charge in [-0.3, -0.25) is 4.79 Å². The number of alkyl halides is 1. The average Bonchev–Trinajstić information content (AvgIpc) is 0.850. The summed E-state index contributed by atoms with van der Waals surface area (Å²) in [5.74, 6) is -1.21. The van der Waals surface area contributed by atoms with Gasteiger partial charge in [0.1, 0.15) is 48.6 Å². The molecule has 0 atom stereocenters. The lowest BCUT2D eigenvalue weighted by Gasteiger charge is -2.11. The van der Waals surface area contributed by atoms with Crippen molar-refractivity contribution in [2.75, 3.05) is 0 Å². The molecular formula is C100H101BBr5ClF4O14. The first-order valence-corrected chi connectivity index (χ1v) is 40.3. The molecule has 0 aliphatic carbocycles. The predicted molar refractivity (Wildman–Crippen MR) is 519 cm³/mol. The molecule has 0 amide bonds. The number of hydrogen-bond acceptors (Lipinski definition) is 14. The molecule has 13 rings (SSSR count). The molecule has 0 aliphatic rings. The second-order valence-corrected chi connectivity index (χ2v) is 30.2. The van der Waals surface area contributed by atoms with Gasteiger partial charge in [0.15, 0.2) is 46.3 Å². The number of aromatic hydroxyl groups is 4. The summed E-state index contributed by atoms with van der Waals surface area (Å²) in [6.07, 6.45) is 0. The van der Waals surface area contributed by atoms with Gasteiger partial charge >= 0.3 is 19.1 Å². The molecule has 0 radical (unpaired) electrons. The van der Waals surface area contributed by atoms with Gasteiger partial charge in [0, 0.05) is 39.9 Å². The lowest BCUT2D eigenvalue weighted by Crippen LogP contribution is -2.29. The van der Waals surface area contributed by atoms with E-state index >= 15 is 0 Å². The number of carbonyl (C=O) groups is 3. The molecular weight excluding hydrogens is 1950 g/mol. The Hall–Kier alpha value is -11.3. The van der Waals surface area contributed by atoms with E-state index in [0.717, 1.165) is 64.3 Å². The van der Waals surface area contributed by atoms with Gasteiger partial charge in [-0.15, -0.1) is 0 Å². The van der Waals surface area contributed by atoms with Crippen molar-refractivity contribution in [1.82, 2.24) is 0 Å². The number of carbonyl (C=O) groups excluding carboxylic acids is 3. The third-order valence-electron chi connectivity index (χ3n) is 16.2. The van der Waals surface area contributed by atoms with E-state index in [0.29, 0.717) is 60.4 Å². The van der Waals surface area contributed by atoms with Crippen molar-refractivity contribution < 1.29 is 86.1 Å². The van der Waals surface area contributed by atoms with E-state index in [1.807, 2.05) is 109 Å². The Balaban J connectivity index is 0.000000795. The van der Waals surface area contributed by atoms with Crippen LogP contribution >= 0.6 is 91.3 Å². The fourth-order valence-corrected chi connectivity index (χ4v) is 11.2. The zero-order valence-electron chi connectivity index (χ0n) is 64.0. The van der Waals surface area contributed by atoms with Crippen LogP contribution in [0.15, 0.2) is 346 Å². The molecule has 0 saturated carbocycles. The van der Waals surface area contributed by atoms with E-state index in [1.54, 1.807) is 136 Å². The molecule has 0 aromatic heterocycles. The van der Waals surface area contributed by atoms with Gasteiger partial charge in [-0.2, -0.15) is 0 Å². The van der Waals surface area contributed by atoms with E-state index in [-0.39, 0.29) is 104 Å². The van der Waals surface area contributed by atoms with Crippen LogP contribution in [0.4, 0.5) is 17.6 Å². The molecule has 0 heterocycles. The number of hydrogen-bond donors (Lipinski definition) is 6. The number of phenols is 4. The quantitative estimate of drug-likeness (QED) is 0.00796. The second-order valence-electron chi connectivity index (χ2n) is 25.6. The lowest BCUT2D eigenvalue weighted by atomic mass is 9.80. The largest absolute Gasteiger partial charge is 0.508 e. The van der Waals surface area contributed by atoms with Crippen molar-refractivity contribution in [2.24, 2.45) is 0 Å². The van der Waals surface area contributed by atoms with E-state index in [1.165, 1.54) is 60.2 Å².